The van der Waals surface area contributed by atoms with Crippen molar-refractivity contribution < 1.29 is 19.4 Å². The van der Waals surface area contributed by atoms with Crippen LogP contribution in [0, 0.1) is 0 Å². The van der Waals surface area contributed by atoms with E-state index in [-0.39, 0.29) is 12.6 Å². The predicted octanol–water partition coefficient (Wildman–Crippen LogP) is 1.45. The van der Waals surface area contributed by atoms with Gasteiger partial charge < -0.3 is 14.6 Å². The molecule has 1 aromatic carbocycles. The molecule has 0 aliphatic rings. The van der Waals surface area contributed by atoms with Gasteiger partial charge in [-0.25, -0.2) is 0 Å². The van der Waals surface area contributed by atoms with Crippen molar-refractivity contribution in [1.29, 1.82) is 0 Å². The number of hydrogen-bond donors (Lipinski definition) is 2. The number of hydrogen-bond acceptors (Lipinski definition) is 4. The molecule has 0 fully saturated rings. The summed E-state index contributed by atoms with van der Waals surface area (Å²) in [5.41, 5.74) is 0.919. The van der Waals surface area contributed by atoms with Crippen molar-refractivity contribution in [1.82, 2.24) is 5.32 Å². The molecule has 1 aromatic rings. The Bertz CT molecular complexity index is 394. The minimum Gasteiger partial charge on any atom is -0.496 e. The molecule has 2 N–H and O–H groups in total. The zero-order chi connectivity index (χ0) is 13.5. The molecule has 1 rings (SSSR count). The van der Waals surface area contributed by atoms with E-state index in [9.17, 15) is 4.79 Å². The van der Waals surface area contributed by atoms with E-state index < -0.39 is 12.0 Å². The smallest absolute Gasteiger partial charge is 0.323 e. The Balaban J connectivity index is 2.79. The normalized spacial score (nSPS) is 13.9. The second kappa shape index (κ2) is 6.98. The van der Waals surface area contributed by atoms with E-state index in [1.165, 1.54) is 7.11 Å². The first-order valence-corrected chi connectivity index (χ1v) is 5.70. The molecular formula is C13H19NO4. The van der Waals surface area contributed by atoms with Gasteiger partial charge in [-0.3, -0.25) is 10.1 Å². The molecule has 0 saturated carbocycles. The maximum Gasteiger partial charge on any atom is 0.323 e. The van der Waals surface area contributed by atoms with Crippen molar-refractivity contribution >= 4 is 5.97 Å². The van der Waals surface area contributed by atoms with Crippen LogP contribution in [0.1, 0.15) is 18.5 Å². The number of ether oxygens (including phenoxy) is 2. The van der Waals surface area contributed by atoms with Crippen molar-refractivity contribution in [2.24, 2.45) is 0 Å². The largest absolute Gasteiger partial charge is 0.496 e. The van der Waals surface area contributed by atoms with E-state index in [1.807, 2.05) is 31.2 Å². The number of carboxylic acid groups (broad SMARTS) is 1. The zero-order valence-corrected chi connectivity index (χ0v) is 10.8. The molecule has 5 heteroatoms. The fourth-order valence-corrected chi connectivity index (χ4v) is 1.77. The first-order chi connectivity index (χ1) is 8.60. The topological polar surface area (TPSA) is 67.8 Å². The van der Waals surface area contributed by atoms with Crippen LogP contribution in [-0.4, -0.2) is 37.9 Å². The highest BCUT2D eigenvalue weighted by Crippen LogP contribution is 2.24. The highest BCUT2D eigenvalue weighted by molar-refractivity contribution is 5.73. The van der Waals surface area contributed by atoms with Crippen LogP contribution in [-0.2, 0) is 9.53 Å². The quantitative estimate of drug-likeness (QED) is 0.769. The summed E-state index contributed by atoms with van der Waals surface area (Å²) < 4.78 is 10.1. The lowest BCUT2D eigenvalue weighted by atomic mass is 10.1. The Morgan fingerprint density at radius 1 is 1.39 bits per heavy atom. The third-order valence-corrected chi connectivity index (χ3v) is 2.69. The van der Waals surface area contributed by atoms with Gasteiger partial charge in [-0.1, -0.05) is 18.2 Å². The lowest BCUT2D eigenvalue weighted by Crippen LogP contribution is -2.41. The molecular weight excluding hydrogens is 234 g/mol. The van der Waals surface area contributed by atoms with E-state index in [4.69, 9.17) is 14.6 Å². The van der Waals surface area contributed by atoms with Crippen LogP contribution < -0.4 is 10.1 Å². The molecule has 0 aliphatic carbocycles. The van der Waals surface area contributed by atoms with Gasteiger partial charge in [0.25, 0.3) is 0 Å². The van der Waals surface area contributed by atoms with E-state index in [2.05, 4.69) is 5.32 Å². The number of carbonyl (C=O) groups is 1. The minimum atomic E-state index is -0.932. The van der Waals surface area contributed by atoms with E-state index >= 15 is 0 Å². The van der Waals surface area contributed by atoms with Crippen molar-refractivity contribution in [3.63, 3.8) is 0 Å². The highest BCUT2D eigenvalue weighted by atomic mass is 16.5. The third-order valence-electron chi connectivity index (χ3n) is 2.69. The molecule has 0 spiro atoms. The van der Waals surface area contributed by atoms with Gasteiger partial charge in [-0.05, 0) is 13.0 Å². The Morgan fingerprint density at radius 2 is 2.06 bits per heavy atom. The monoisotopic (exact) mass is 253 g/mol. The first kappa shape index (κ1) is 14.5. The van der Waals surface area contributed by atoms with Gasteiger partial charge in [-0.15, -0.1) is 0 Å². The Hall–Kier alpha value is -1.59. The van der Waals surface area contributed by atoms with Gasteiger partial charge in [0, 0.05) is 18.7 Å². The maximum absolute atomic E-state index is 11.0. The van der Waals surface area contributed by atoms with Crippen molar-refractivity contribution in [3.05, 3.63) is 29.8 Å². The van der Waals surface area contributed by atoms with Crippen LogP contribution in [0.5, 0.6) is 5.75 Å². The van der Waals surface area contributed by atoms with E-state index in [0.717, 1.165) is 11.3 Å². The summed E-state index contributed by atoms with van der Waals surface area (Å²) in [4.78, 5) is 11.0. The molecule has 0 aliphatic heterocycles. The average molecular weight is 253 g/mol. The molecule has 1 unspecified atom stereocenters. The van der Waals surface area contributed by atoms with E-state index in [1.54, 1.807) is 7.11 Å². The van der Waals surface area contributed by atoms with Crippen molar-refractivity contribution in [2.45, 2.75) is 19.0 Å². The van der Waals surface area contributed by atoms with Crippen LogP contribution >= 0.6 is 0 Å². The molecule has 0 radical (unpaired) electrons. The fourth-order valence-electron chi connectivity index (χ4n) is 1.77. The van der Waals surface area contributed by atoms with Gasteiger partial charge in [0.2, 0.25) is 0 Å². The molecule has 0 saturated heterocycles. The van der Waals surface area contributed by atoms with Gasteiger partial charge in [0.15, 0.2) is 0 Å². The molecule has 100 valence electrons. The fraction of sp³-hybridized carbons (Fsp3) is 0.462. The number of methoxy groups -OCH3 is 2. The van der Waals surface area contributed by atoms with Gasteiger partial charge in [0.1, 0.15) is 11.8 Å². The van der Waals surface area contributed by atoms with Gasteiger partial charge >= 0.3 is 5.97 Å². The minimum absolute atomic E-state index is 0.120. The van der Waals surface area contributed by atoms with Crippen molar-refractivity contribution in [2.75, 3.05) is 20.8 Å². The Morgan fingerprint density at radius 3 is 2.61 bits per heavy atom. The number of nitrogens with one attached hydrogen (secondary N) is 1. The summed E-state index contributed by atoms with van der Waals surface area (Å²) >= 11 is 0. The second-order valence-electron chi connectivity index (χ2n) is 3.98. The second-order valence-corrected chi connectivity index (χ2v) is 3.98. The van der Waals surface area contributed by atoms with Crippen molar-refractivity contribution in [3.8, 4) is 5.75 Å². The standard InChI is InChI=1S/C13H19NO4/c1-9(14-11(8-17-2)13(15)16)10-6-4-5-7-12(10)18-3/h4-7,9,11,14H,8H2,1-3H3,(H,15,16)/t9-,11?/m0/s1. The zero-order valence-electron chi connectivity index (χ0n) is 10.8. The molecule has 0 amide bonds. The third kappa shape index (κ3) is 3.72. The highest BCUT2D eigenvalue weighted by Gasteiger charge is 2.21. The molecule has 5 nitrogen and oxygen atoms in total. The van der Waals surface area contributed by atoms with Gasteiger partial charge in [-0.2, -0.15) is 0 Å². The molecule has 2 atom stereocenters. The summed E-state index contributed by atoms with van der Waals surface area (Å²) in [7, 11) is 3.07. The lowest BCUT2D eigenvalue weighted by Gasteiger charge is -2.21. The number of aliphatic carboxylic acids is 1. The lowest BCUT2D eigenvalue weighted by molar-refractivity contribution is -0.141. The summed E-state index contributed by atoms with van der Waals surface area (Å²) in [6, 6.07) is 6.63. The summed E-state index contributed by atoms with van der Waals surface area (Å²) in [6.07, 6.45) is 0. The summed E-state index contributed by atoms with van der Waals surface area (Å²) in [5, 5.41) is 12.1. The van der Waals surface area contributed by atoms with Crippen LogP contribution in [0.2, 0.25) is 0 Å². The van der Waals surface area contributed by atoms with E-state index in [0.29, 0.717) is 0 Å². The Kier molecular flexibility index (Phi) is 5.61. The Labute approximate surface area is 107 Å². The van der Waals surface area contributed by atoms with Crippen LogP contribution in [0.4, 0.5) is 0 Å². The number of rotatable bonds is 7. The average Bonchev–Trinajstić information content (AvgIpc) is 2.37. The molecule has 0 bridgehead atoms. The van der Waals surface area contributed by atoms with Crippen LogP contribution in [0.15, 0.2) is 24.3 Å². The molecule has 0 aromatic heterocycles. The number of carboxylic acids is 1. The molecule has 18 heavy (non-hydrogen) atoms. The summed E-state index contributed by atoms with van der Waals surface area (Å²) in [5.74, 6) is -0.197. The van der Waals surface area contributed by atoms with Crippen LogP contribution in [0.25, 0.3) is 0 Å². The summed E-state index contributed by atoms with van der Waals surface area (Å²) in [6.45, 7) is 2.01. The van der Waals surface area contributed by atoms with Crippen LogP contribution in [0.3, 0.4) is 0 Å². The molecule has 0 heterocycles. The number of para-hydroxylation sites is 1. The predicted molar refractivity (Wildman–Crippen MR) is 67.8 cm³/mol. The first-order valence-electron chi connectivity index (χ1n) is 5.70. The maximum atomic E-state index is 11.0. The number of benzene rings is 1. The van der Waals surface area contributed by atoms with Gasteiger partial charge in [0.05, 0.1) is 13.7 Å². The SMILES string of the molecule is COCC(N[C@@H](C)c1ccccc1OC)C(=O)O.